The fourth-order valence-corrected chi connectivity index (χ4v) is 2.87. The Kier molecular flexibility index (Phi) is 5.33. The molecule has 3 N–H and O–H groups in total. The topological polar surface area (TPSA) is 74.5 Å². The van der Waals surface area contributed by atoms with Crippen LogP contribution in [0, 0.1) is 0 Å². The molecule has 112 valence electrons. The van der Waals surface area contributed by atoms with Crippen LogP contribution in [0.3, 0.4) is 0 Å². The van der Waals surface area contributed by atoms with Gasteiger partial charge in [0.15, 0.2) is 5.13 Å². The van der Waals surface area contributed by atoms with Crippen LogP contribution in [-0.2, 0) is 11.2 Å². The minimum Gasteiger partial charge on any atom is -0.375 e. The standard InChI is InChI=1S/C13H23N5OS/c1-10(18-7-5-17(2)6-8-18)12(19)15-4-3-11-9-20-13(14)16-11/h9-10H,3-8H2,1-2H3,(H2,14,16)(H,15,19)/t10-/m0/s1. The van der Waals surface area contributed by atoms with Crippen LogP contribution in [0.15, 0.2) is 5.38 Å². The molecule has 0 aromatic carbocycles. The van der Waals surface area contributed by atoms with Gasteiger partial charge in [-0.3, -0.25) is 9.69 Å². The maximum atomic E-state index is 12.1. The molecule has 2 heterocycles. The molecule has 1 amide bonds. The average molecular weight is 297 g/mol. The van der Waals surface area contributed by atoms with E-state index in [0.29, 0.717) is 11.7 Å². The molecule has 0 unspecified atom stereocenters. The number of hydrogen-bond donors (Lipinski definition) is 2. The Labute approximate surface area is 124 Å². The number of carbonyl (C=O) groups is 1. The van der Waals surface area contributed by atoms with Gasteiger partial charge in [0.05, 0.1) is 11.7 Å². The lowest BCUT2D eigenvalue weighted by Gasteiger charge is -2.35. The maximum Gasteiger partial charge on any atom is 0.237 e. The highest BCUT2D eigenvalue weighted by Gasteiger charge is 2.23. The number of nitrogens with one attached hydrogen (secondary N) is 1. The second kappa shape index (κ2) is 7.01. The molecule has 6 nitrogen and oxygen atoms in total. The summed E-state index contributed by atoms with van der Waals surface area (Å²) < 4.78 is 0. The normalized spacial score (nSPS) is 18.9. The van der Waals surface area contributed by atoms with Gasteiger partial charge < -0.3 is 16.0 Å². The summed E-state index contributed by atoms with van der Waals surface area (Å²) in [4.78, 5) is 20.8. The van der Waals surface area contributed by atoms with Gasteiger partial charge in [-0.1, -0.05) is 0 Å². The third kappa shape index (κ3) is 4.16. The molecule has 0 radical (unpaired) electrons. The minimum absolute atomic E-state index is 0.0656. The molecule has 1 aromatic heterocycles. The van der Waals surface area contributed by atoms with E-state index in [9.17, 15) is 4.79 Å². The first kappa shape index (κ1) is 15.2. The Balaban J connectivity index is 1.71. The lowest BCUT2D eigenvalue weighted by Crippen LogP contribution is -2.53. The van der Waals surface area contributed by atoms with Crippen molar-refractivity contribution in [2.75, 3.05) is 45.5 Å². The van der Waals surface area contributed by atoms with E-state index in [0.717, 1.165) is 38.3 Å². The Hall–Kier alpha value is -1.18. The number of thiazole rings is 1. The summed E-state index contributed by atoms with van der Waals surface area (Å²) in [5, 5.41) is 5.49. The molecule has 1 aliphatic rings. The number of anilines is 1. The first-order valence-corrected chi connectivity index (χ1v) is 7.84. The summed E-state index contributed by atoms with van der Waals surface area (Å²) in [6.45, 7) is 6.54. The predicted molar refractivity (Wildman–Crippen MR) is 81.8 cm³/mol. The molecule has 1 fully saturated rings. The van der Waals surface area contributed by atoms with Crippen LogP contribution in [0.25, 0.3) is 0 Å². The zero-order valence-electron chi connectivity index (χ0n) is 12.1. The molecule has 0 saturated carbocycles. The van der Waals surface area contributed by atoms with Crippen LogP contribution in [-0.4, -0.2) is 66.5 Å². The summed E-state index contributed by atoms with van der Waals surface area (Å²) >= 11 is 1.43. The van der Waals surface area contributed by atoms with E-state index in [-0.39, 0.29) is 11.9 Å². The molecule has 1 atom stereocenters. The Bertz CT molecular complexity index is 442. The number of piperazine rings is 1. The molecule has 7 heteroatoms. The molecule has 2 rings (SSSR count). The lowest BCUT2D eigenvalue weighted by atomic mass is 10.2. The SMILES string of the molecule is C[C@@H](C(=O)NCCc1csc(N)n1)N1CCN(C)CC1. The molecule has 20 heavy (non-hydrogen) atoms. The van der Waals surface area contributed by atoms with E-state index in [2.05, 4.69) is 27.1 Å². The molecular weight excluding hydrogens is 274 g/mol. The van der Waals surface area contributed by atoms with Gasteiger partial charge in [0.25, 0.3) is 0 Å². The smallest absolute Gasteiger partial charge is 0.237 e. The van der Waals surface area contributed by atoms with Crippen LogP contribution in [0.2, 0.25) is 0 Å². The number of nitrogens with zero attached hydrogens (tertiary/aromatic N) is 3. The van der Waals surface area contributed by atoms with E-state index < -0.39 is 0 Å². The second-order valence-corrected chi connectivity index (χ2v) is 6.12. The summed E-state index contributed by atoms with van der Waals surface area (Å²) in [7, 11) is 2.11. The number of nitrogens with two attached hydrogens (primary N) is 1. The zero-order valence-corrected chi connectivity index (χ0v) is 12.9. The number of hydrogen-bond acceptors (Lipinski definition) is 6. The largest absolute Gasteiger partial charge is 0.375 e. The van der Waals surface area contributed by atoms with E-state index in [1.54, 1.807) is 0 Å². The van der Waals surface area contributed by atoms with E-state index >= 15 is 0 Å². The number of likely N-dealkylation sites (N-methyl/N-ethyl adjacent to an activating group) is 1. The number of amides is 1. The van der Waals surface area contributed by atoms with E-state index in [1.165, 1.54) is 11.3 Å². The summed E-state index contributed by atoms with van der Waals surface area (Å²) in [5.41, 5.74) is 6.52. The summed E-state index contributed by atoms with van der Waals surface area (Å²) in [6, 6.07) is -0.0656. The van der Waals surface area contributed by atoms with Gasteiger partial charge in [-0.2, -0.15) is 0 Å². The Morgan fingerprint density at radius 2 is 2.20 bits per heavy atom. The quantitative estimate of drug-likeness (QED) is 0.801. The minimum atomic E-state index is -0.0656. The first-order chi connectivity index (χ1) is 9.56. The average Bonchev–Trinajstić information content (AvgIpc) is 2.84. The van der Waals surface area contributed by atoms with Gasteiger partial charge in [0.2, 0.25) is 5.91 Å². The molecule has 1 aliphatic heterocycles. The maximum absolute atomic E-state index is 12.1. The Morgan fingerprint density at radius 1 is 1.50 bits per heavy atom. The van der Waals surface area contributed by atoms with Crippen molar-refractivity contribution in [3.63, 3.8) is 0 Å². The second-order valence-electron chi connectivity index (χ2n) is 5.23. The highest BCUT2D eigenvalue weighted by atomic mass is 32.1. The third-order valence-electron chi connectivity index (χ3n) is 3.71. The number of nitrogen functional groups attached to an aromatic ring is 1. The van der Waals surface area contributed by atoms with Crippen molar-refractivity contribution in [3.05, 3.63) is 11.1 Å². The van der Waals surface area contributed by atoms with Gasteiger partial charge in [0.1, 0.15) is 0 Å². The fourth-order valence-electron chi connectivity index (χ4n) is 2.27. The summed E-state index contributed by atoms with van der Waals surface area (Å²) in [5.74, 6) is 0.0951. The third-order valence-corrected chi connectivity index (χ3v) is 4.44. The monoisotopic (exact) mass is 297 g/mol. The molecular formula is C13H23N5OS. The number of rotatable bonds is 5. The summed E-state index contributed by atoms with van der Waals surface area (Å²) in [6.07, 6.45) is 0.731. The fraction of sp³-hybridized carbons (Fsp3) is 0.692. The molecule has 0 bridgehead atoms. The molecule has 0 aliphatic carbocycles. The van der Waals surface area contributed by atoms with Crippen molar-refractivity contribution in [1.82, 2.24) is 20.1 Å². The van der Waals surface area contributed by atoms with Crippen LogP contribution in [0.4, 0.5) is 5.13 Å². The predicted octanol–water partition coefficient (Wildman–Crippen LogP) is 0.0199. The first-order valence-electron chi connectivity index (χ1n) is 6.96. The van der Waals surface area contributed by atoms with Gasteiger partial charge >= 0.3 is 0 Å². The van der Waals surface area contributed by atoms with Crippen molar-refractivity contribution in [1.29, 1.82) is 0 Å². The zero-order chi connectivity index (χ0) is 14.5. The van der Waals surface area contributed by atoms with Gasteiger partial charge in [-0.25, -0.2) is 4.98 Å². The van der Waals surface area contributed by atoms with Crippen LogP contribution in [0.1, 0.15) is 12.6 Å². The van der Waals surface area contributed by atoms with Crippen molar-refractivity contribution < 1.29 is 4.79 Å². The van der Waals surface area contributed by atoms with Gasteiger partial charge in [0, 0.05) is 44.5 Å². The highest BCUT2D eigenvalue weighted by Crippen LogP contribution is 2.11. The van der Waals surface area contributed by atoms with Gasteiger partial charge in [-0.15, -0.1) is 11.3 Å². The molecule has 1 saturated heterocycles. The van der Waals surface area contributed by atoms with E-state index in [4.69, 9.17) is 5.73 Å². The Morgan fingerprint density at radius 3 is 2.80 bits per heavy atom. The van der Waals surface area contributed by atoms with Crippen LogP contribution in [0.5, 0.6) is 0 Å². The van der Waals surface area contributed by atoms with Crippen molar-refractivity contribution in [3.8, 4) is 0 Å². The van der Waals surface area contributed by atoms with Crippen molar-refractivity contribution in [2.45, 2.75) is 19.4 Å². The number of aromatic nitrogens is 1. The van der Waals surface area contributed by atoms with Crippen molar-refractivity contribution >= 4 is 22.4 Å². The molecule has 1 aromatic rings. The number of carbonyl (C=O) groups excluding carboxylic acids is 1. The van der Waals surface area contributed by atoms with Crippen LogP contribution < -0.4 is 11.1 Å². The lowest BCUT2D eigenvalue weighted by molar-refractivity contribution is -0.126. The van der Waals surface area contributed by atoms with E-state index in [1.807, 2.05) is 12.3 Å². The van der Waals surface area contributed by atoms with Crippen molar-refractivity contribution in [2.24, 2.45) is 0 Å². The highest BCUT2D eigenvalue weighted by molar-refractivity contribution is 7.13. The van der Waals surface area contributed by atoms with Gasteiger partial charge in [-0.05, 0) is 14.0 Å². The molecule has 0 spiro atoms. The van der Waals surface area contributed by atoms with Crippen LogP contribution >= 0.6 is 11.3 Å².